The van der Waals surface area contributed by atoms with Crippen LogP contribution >= 0.6 is 0 Å². The first kappa shape index (κ1) is 15.6. The molecule has 0 radical (unpaired) electrons. The third kappa shape index (κ3) is 2.63. The summed E-state index contributed by atoms with van der Waals surface area (Å²) in [5, 5.41) is 10.6. The number of aliphatic hydroxyl groups is 1. The second-order valence-electron chi connectivity index (χ2n) is 6.35. The lowest BCUT2D eigenvalue weighted by Crippen LogP contribution is -2.27. The maximum atomic E-state index is 12.6. The summed E-state index contributed by atoms with van der Waals surface area (Å²) < 4.78 is 0. The van der Waals surface area contributed by atoms with Crippen molar-refractivity contribution in [3.63, 3.8) is 0 Å². The van der Waals surface area contributed by atoms with Crippen LogP contribution in [0.1, 0.15) is 33.3 Å². The molecule has 0 bridgehead atoms. The molecule has 124 valence electrons. The molecule has 1 aliphatic heterocycles. The topological polar surface area (TPSA) is 40.5 Å². The minimum atomic E-state index is -0.886. The third-order valence-corrected chi connectivity index (χ3v) is 4.90. The Bertz CT molecular complexity index is 934. The summed E-state index contributed by atoms with van der Waals surface area (Å²) in [6, 6.07) is 23.6. The van der Waals surface area contributed by atoms with Crippen molar-refractivity contribution < 1.29 is 9.90 Å². The van der Waals surface area contributed by atoms with Crippen molar-refractivity contribution in [2.24, 2.45) is 0 Å². The van der Waals surface area contributed by atoms with Gasteiger partial charge in [0.05, 0.1) is 0 Å². The Balaban J connectivity index is 1.68. The van der Waals surface area contributed by atoms with Gasteiger partial charge in [0.1, 0.15) is 0 Å². The molecule has 0 saturated heterocycles. The molecule has 1 N–H and O–H groups in total. The number of aliphatic hydroxyl groups excluding tert-OH is 1. The molecule has 3 nitrogen and oxygen atoms in total. The molecule has 0 aliphatic carbocycles. The second kappa shape index (κ2) is 6.19. The number of hydrogen-bond donors (Lipinski definition) is 1. The Morgan fingerprint density at radius 1 is 0.880 bits per heavy atom. The highest BCUT2D eigenvalue weighted by Gasteiger charge is 2.35. The zero-order chi connectivity index (χ0) is 17.4. The zero-order valence-electron chi connectivity index (χ0n) is 14.0. The highest BCUT2D eigenvalue weighted by atomic mass is 16.3. The maximum Gasteiger partial charge on any atom is 0.256 e. The van der Waals surface area contributed by atoms with Gasteiger partial charge in [-0.2, -0.15) is 0 Å². The summed E-state index contributed by atoms with van der Waals surface area (Å²) in [7, 11) is 0. The van der Waals surface area contributed by atoms with E-state index in [2.05, 4.69) is 25.1 Å². The number of nitrogens with zero attached hydrogens (tertiary/aromatic N) is 1. The summed E-state index contributed by atoms with van der Waals surface area (Å²) in [6.45, 7) is 2.46. The van der Waals surface area contributed by atoms with Crippen LogP contribution in [0, 0.1) is 6.92 Å². The number of fused-ring (bicyclic) bond motifs is 1. The molecule has 25 heavy (non-hydrogen) atoms. The molecular weight excluding hydrogens is 310 g/mol. The van der Waals surface area contributed by atoms with Crippen LogP contribution in [-0.2, 0) is 6.54 Å². The molecule has 0 fully saturated rings. The lowest BCUT2D eigenvalue weighted by atomic mass is 9.96. The highest BCUT2D eigenvalue weighted by Crippen LogP contribution is 2.34. The van der Waals surface area contributed by atoms with Crippen molar-refractivity contribution in [2.75, 3.05) is 0 Å². The van der Waals surface area contributed by atoms with E-state index in [1.165, 1.54) is 4.90 Å². The summed E-state index contributed by atoms with van der Waals surface area (Å²) in [6.07, 6.45) is -0.886. The van der Waals surface area contributed by atoms with Gasteiger partial charge in [0.2, 0.25) is 0 Å². The number of carbonyl (C=O) groups is 1. The molecule has 1 unspecified atom stereocenters. The van der Waals surface area contributed by atoms with Crippen LogP contribution < -0.4 is 0 Å². The Hall–Kier alpha value is -2.91. The Labute approximate surface area is 147 Å². The molecule has 0 spiro atoms. The van der Waals surface area contributed by atoms with Crippen LogP contribution in [0.3, 0.4) is 0 Å². The molecule has 4 rings (SSSR count). The van der Waals surface area contributed by atoms with Crippen molar-refractivity contribution in [1.82, 2.24) is 4.90 Å². The van der Waals surface area contributed by atoms with Crippen molar-refractivity contribution in [3.8, 4) is 11.1 Å². The van der Waals surface area contributed by atoms with Crippen LogP contribution in [0.15, 0.2) is 72.8 Å². The molecule has 1 aliphatic rings. The van der Waals surface area contributed by atoms with Crippen LogP contribution in [0.25, 0.3) is 11.1 Å². The van der Waals surface area contributed by atoms with E-state index in [0.717, 1.165) is 22.3 Å². The predicted octanol–water partition coefficient (Wildman–Crippen LogP) is 4.31. The quantitative estimate of drug-likeness (QED) is 0.778. The molecule has 3 aromatic carbocycles. The van der Waals surface area contributed by atoms with Gasteiger partial charge >= 0.3 is 0 Å². The maximum absolute atomic E-state index is 12.6. The molecule has 0 aromatic heterocycles. The van der Waals surface area contributed by atoms with Gasteiger partial charge in [-0.25, -0.2) is 0 Å². The summed E-state index contributed by atoms with van der Waals surface area (Å²) >= 11 is 0. The molecule has 0 saturated carbocycles. The minimum absolute atomic E-state index is 0.118. The SMILES string of the molecule is Cc1c(CN2C(=O)c3ccccc3C2O)cccc1-c1ccccc1. The minimum Gasteiger partial charge on any atom is -0.369 e. The lowest BCUT2D eigenvalue weighted by Gasteiger charge is -2.23. The summed E-state index contributed by atoms with van der Waals surface area (Å²) in [5.74, 6) is -0.118. The first-order valence-corrected chi connectivity index (χ1v) is 8.38. The van der Waals surface area contributed by atoms with Crippen LogP contribution in [0.4, 0.5) is 0 Å². The van der Waals surface area contributed by atoms with Crippen molar-refractivity contribution >= 4 is 5.91 Å². The lowest BCUT2D eigenvalue weighted by molar-refractivity contribution is 0.0137. The van der Waals surface area contributed by atoms with E-state index in [0.29, 0.717) is 17.7 Å². The zero-order valence-corrected chi connectivity index (χ0v) is 14.0. The molecule has 1 atom stereocenters. The molecule has 1 amide bonds. The van der Waals surface area contributed by atoms with Crippen molar-refractivity contribution in [2.45, 2.75) is 19.7 Å². The van der Waals surface area contributed by atoms with Gasteiger partial charge in [-0.3, -0.25) is 4.79 Å². The molecular formula is C22H19NO2. The van der Waals surface area contributed by atoms with Gasteiger partial charge in [-0.05, 0) is 35.2 Å². The van der Waals surface area contributed by atoms with Crippen molar-refractivity contribution in [1.29, 1.82) is 0 Å². The fourth-order valence-corrected chi connectivity index (χ4v) is 3.48. The van der Waals surface area contributed by atoms with E-state index in [1.54, 1.807) is 6.07 Å². The Kier molecular flexibility index (Phi) is 3.86. The second-order valence-corrected chi connectivity index (χ2v) is 6.35. The highest BCUT2D eigenvalue weighted by molar-refractivity contribution is 5.98. The first-order valence-electron chi connectivity index (χ1n) is 8.38. The Morgan fingerprint density at radius 3 is 2.32 bits per heavy atom. The van der Waals surface area contributed by atoms with Gasteiger partial charge in [0.25, 0.3) is 5.91 Å². The van der Waals surface area contributed by atoms with Crippen molar-refractivity contribution in [3.05, 3.63) is 95.1 Å². The van der Waals surface area contributed by atoms with Gasteiger partial charge < -0.3 is 10.0 Å². The number of rotatable bonds is 3. The van der Waals surface area contributed by atoms with Crippen LogP contribution in [0.5, 0.6) is 0 Å². The monoisotopic (exact) mass is 329 g/mol. The normalized spacial score (nSPS) is 16.2. The number of carbonyl (C=O) groups excluding carboxylic acids is 1. The number of amides is 1. The van der Waals surface area contributed by atoms with E-state index >= 15 is 0 Å². The van der Waals surface area contributed by atoms with Gasteiger partial charge in [-0.1, -0.05) is 66.7 Å². The smallest absolute Gasteiger partial charge is 0.256 e. The van der Waals surface area contributed by atoms with Gasteiger partial charge in [-0.15, -0.1) is 0 Å². The third-order valence-electron chi connectivity index (χ3n) is 4.90. The largest absolute Gasteiger partial charge is 0.369 e. The van der Waals surface area contributed by atoms with E-state index in [-0.39, 0.29) is 5.91 Å². The van der Waals surface area contributed by atoms with Gasteiger partial charge in [0, 0.05) is 17.7 Å². The van der Waals surface area contributed by atoms with E-state index in [9.17, 15) is 9.90 Å². The fourth-order valence-electron chi connectivity index (χ4n) is 3.48. The molecule has 3 aromatic rings. The molecule has 3 heteroatoms. The fraction of sp³-hybridized carbons (Fsp3) is 0.136. The van der Waals surface area contributed by atoms with E-state index in [1.807, 2.05) is 48.5 Å². The average Bonchev–Trinajstić information content (AvgIpc) is 2.89. The van der Waals surface area contributed by atoms with Crippen LogP contribution in [-0.4, -0.2) is 15.9 Å². The first-order chi connectivity index (χ1) is 12.2. The standard InChI is InChI=1S/C22H19NO2/c1-15-17(10-7-13-18(15)16-8-3-2-4-9-16)14-23-21(24)19-11-5-6-12-20(19)22(23)25/h2-13,21,24H,14H2,1H3. The number of hydrogen-bond acceptors (Lipinski definition) is 2. The van der Waals surface area contributed by atoms with Crippen LogP contribution in [0.2, 0.25) is 0 Å². The van der Waals surface area contributed by atoms with E-state index in [4.69, 9.17) is 0 Å². The number of benzene rings is 3. The summed E-state index contributed by atoms with van der Waals surface area (Å²) in [4.78, 5) is 14.2. The Morgan fingerprint density at radius 2 is 1.56 bits per heavy atom. The average molecular weight is 329 g/mol. The molecule has 1 heterocycles. The van der Waals surface area contributed by atoms with Gasteiger partial charge in [0.15, 0.2) is 6.23 Å². The van der Waals surface area contributed by atoms with E-state index < -0.39 is 6.23 Å². The summed E-state index contributed by atoms with van der Waals surface area (Å²) in [5.41, 5.74) is 5.75. The predicted molar refractivity (Wildman–Crippen MR) is 97.9 cm³/mol.